The van der Waals surface area contributed by atoms with Crippen molar-refractivity contribution in [1.82, 2.24) is 14.9 Å². The summed E-state index contributed by atoms with van der Waals surface area (Å²) in [6.45, 7) is 1.78. The van der Waals surface area contributed by atoms with Crippen molar-refractivity contribution in [2.24, 2.45) is 0 Å². The second kappa shape index (κ2) is 6.19. The molecule has 2 atom stereocenters. The second-order valence-corrected chi connectivity index (χ2v) is 7.09. The molecule has 2 N–H and O–H groups in total. The maximum atomic E-state index is 12.9. The van der Waals surface area contributed by atoms with E-state index in [0.29, 0.717) is 34.9 Å². The van der Waals surface area contributed by atoms with Crippen molar-refractivity contribution in [2.45, 2.75) is 44.7 Å². The number of para-hydroxylation sites is 1. The van der Waals surface area contributed by atoms with Crippen molar-refractivity contribution in [3.05, 3.63) is 56.7 Å². The Balaban J connectivity index is 1.62. The maximum absolute atomic E-state index is 12.9. The molecule has 2 aliphatic rings. The molecule has 0 saturated carbocycles. The van der Waals surface area contributed by atoms with E-state index in [2.05, 4.69) is 15.3 Å². The first kappa shape index (κ1) is 16.1. The van der Waals surface area contributed by atoms with E-state index < -0.39 is 0 Å². The summed E-state index contributed by atoms with van der Waals surface area (Å²) in [6, 6.07) is 7.09. The quantitative estimate of drug-likeness (QED) is 0.822. The minimum Gasteiger partial charge on any atom is -0.318 e. The number of aromatic nitrogens is 2. The molecular weight excluding hydrogens is 340 g/mol. The van der Waals surface area contributed by atoms with Crippen LogP contribution < -0.4 is 10.9 Å². The largest absolute Gasteiger partial charge is 0.322 e. The van der Waals surface area contributed by atoms with Crippen LogP contribution >= 0.6 is 11.6 Å². The summed E-state index contributed by atoms with van der Waals surface area (Å²) in [6.07, 6.45) is 2.98. The Morgan fingerprint density at radius 3 is 2.76 bits per heavy atom. The van der Waals surface area contributed by atoms with E-state index in [-0.39, 0.29) is 23.7 Å². The van der Waals surface area contributed by atoms with Gasteiger partial charge >= 0.3 is 6.03 Å². The predicted molar refractivity (Wildman–Crippen MR) is 96.1 cm³/mol. The molecule has 1 fully saturated rings. The number of aromatic amines is 1. The summed E-state index contributed by atoms with van der Waals surface area (Å²) in [4.78, 5) is 34.3. The number of carbonyl (C=O) groups is 1. The Labute approximate surface area is 150 Å². The fourth-order valence-electron chi connectivity index (χ4n) is 3.94. The highest BCUT2D eigenvalue weighted by molar-refractivity contribution is 6.33. The Bertz CT molecular complexity index is 895. The SMILES string of the molecule is Cc1nc2c(c(=O)[nH]1)C[C@H]1CC[C@@H](C2)N1C(=O)Nc1ccccc1Cl. The maximum Gasteiger partial charge on any atom is 0.322 e. The first-order valence-electron chi connectivity index (χ1n) is 8.45. The third kappa shape index (κ3) is 2.91. The standard InChI is InChI=1S/C18H19ClN4O2/c1-10-20-16-9-12-7-6-11(8-13(16)17(24)21-10)23(12)18(25)22-15-5-3-2-4-14(15)19/h2-5,11-12H,6-9H2,1H3,(H,22,25)(H,20,21,24)/t11-,12+/m1/s1. The molecule has 0 spiro atoms. The fourth-order valence-corrected chi connectivity index (χ4v) is 4.13. The molecule has 130 valence electrons. The summed E-state index contributed by atoms with van der Waals surface area (Å²) < 4.78 is 0. The molecule has 25 heavy (non-hydrogen) atoms. The highest BCUT2D eigenvalue weighted by atomic mass is 35.5. The lowest BCUT2D eigenvalue weighted by atomic mass is 9.98. The minimum atomic E-state index is -0.165. The molecule has 1 aromatic carbocycles. The van der Waals surface area contributed by atoms with Crippen LogP contribution in [0.25, 0.3) is 0 Å². The van der Waals surface area contributed by atoms with Gasteiger partial charge in [-0.3, -0.25) is 4.79 Å². The second-order valence-electron chi connectivity index (χ2n) is 6.69. The number of fused-ring (bicyclic) bond motifs is 3. The number of nitrogens with one attached hydrogen (secondary N) is 2. The van der Waals surface area contributed by atoms with Gasteiger partial charge in [0.05, 0.1) is 16.4 Å². The van der Waals surface area contributed by atoms with Gasteiger partial charge in [0.25, 0.3) is 5.56 Å². The molecule has 1 saturated heterocycles. The van der Waals surface area contributed by atoms with E-state index in [0.717, 1.165) is 18.5 Å². The van der Waals surface area contributed by atoms with Crippen LogP contribution in [0.15, 0.2) is 29.1 Å². The van der Waals surface area contributed by atoms with Crippen LogP contribution in [0.1, 0.15) is 29.9 Å². The van der Waals surface area contributed by atoms with Crippen LogP contribution in [0.3, 0.4) is 0 Å². The molecule has 0 aliphatic carbocycles. The van der Waals surface area contributed by atoms with Gasteiger partial charge in [-0.05, 0) is 31.9 Å². The highest BCUT2D eigenvalue weighted by Gasteiger charge is 2.41. The van der Waals surface area contributed by atoms with E-state index in [1.807, 2.05) is 17.0 Å². The van der Waals surface area contributed by atoms with Crippen LogP contribution in [0.4, 0.5) is 10.5 Å². The molecule has 2 aromatic rings. The van der Waals surface area contributed by atoms with Gasteiger partial charge < -0.3 is 15.2 Å². The zero-order chi connectivity index (χ0) is 17.6. The molecule has 2 aliphatic heterocycles. The van der Waals surface area contributed by atoms with Gasteiger partial charge in [-0.15, -0.1) is 0 Å². The lowest BCUT2D eigenvalue weighted by Gasteiger charge is -2.28. The summed E-state index contributed by atoms with van der Waals surface area (Å²) >= 11 is 6.15. The Hall–Kier alpha value is -2.34. The van der Waals surface area contributed by atoms with E-state index >= 15 is 0 Å². The normalized spacial score (nSPS) is 21.6. The summed E-state index contributed by atoms with van der Waals surface area (Å²) in [5.74, 6) is 0.619. The molecule has 1 aromatic heterocycles. The van der Waals surface area contributed by atoms with Crippen molar-refractivity contribution in [3.63, 3.8) is 0 Å². The molecule has 6 nitrogen and oxygen atoms in total. The number of benzene rings is 1. The average molecular weight is 359 g/mol. The number of carbonyl (C=O) groups excluding carboxylic acids is 1. The first-order valence-corrected chi connectivity index (χ1v) is 8.83. The van der Waals surface area contributed by atoms with Crippen LogP contribution in [-0.4, -0.2) is 33.0 Å². The van der Waals surface area contributed by atoms with Gasteiger partial charge in [-0.2, -0.15) is 0 Å². The number of rotatable bonds is 1. The van der Waals surface area contributed by atoms with Crippen LogP contribution in [0.2, 0.25) is 5.02 Å². The van der Waals surface area contributed by atoms with E-state index in [4.69, 9.17) is 11.6 Å². The Morgan fingerprint density at radius 1 is 1.28 bits per heavy atom. The highest BCUT2D eigenvalue weighted by Crippen LogP contribution is 2.33. The summed E-state index contributed by atoms with van der Waals surface area (Å²) in [5, 5.41) is 3.42. The van der Waals surface area contributed by atoms with Crippen molar-refractivity contribution < 1.29 is 4.79 Å². The third-order valence-electron chi connectivity index (χ3n) is 5.06. The number of aryl methyl sites for hydroxylation is 1. The monoisotopic (exact) mass is 358 g/mol. The Kier molecular flexibility index (Phi) is 4.00. The van der Waals surface area contributed by atoms with Crippen LogP contribution in [0, 0.1) is 6.92 Å². The van der Waals surface area contributed by atoms with E-state index in [9.17, 15) is 9.59 Å². The van der Waals surface area contributed by atoms with Gasteiger partial charge in [0, 0.05) is 30.5 Å². The van der Waals surface area contributed by atoms with Crippen LogP contribution in [0.5, 0.6) is 0 Å². The average Bonchev–Trinajstić information content (AvgIpc) is 2.86. The van der Waals surface area contributed by atoms with Gasteiger partial charge in [0.15, 0.2) is 0 Å². The Morgan fingerprint density at radius 2 is 2.00 bits per heavy atom. The number of H-pyrrole nitrogens is 1. The number of halogens is 1. The molecule has 0 unspecified atom stereocenters. The van der Waals surface area contributed by atoms with Gasteiger partial charge in [-0.25, -0.2) is 9.78 Å². The van der Waals surface area contributed by atoms with Crippen molar-refractivity contribution in [1.29, 1.82) is 0 Å². The smallest absolute Gasteiger partial charge is 0.318 e. The molecular formula is C18H19ClN4O2. The summed E-state index contributed by atoms with van der Waals surface area (Å²) in [5.41, 5.74) is 2.06. The van der Waals surface area contributed by atoms with Gasteiger partial charge in [-0.1, -0.05) is 23.7 Å². The van der Waals surface area contributed by atoms with Crippen molar-refractivity contribution in [3.8, 4) is 0 Å². The lowest BCUT2D eigenvalue weighted by Crippen LogP contribution is -2.44. The van der Waals surface area contributed by atoms with E-state index in [1.165, 1.54) is 0 Å². The molecule has 3 heterocycles. The number of hydrogen-bond acceptors (Lipinski definition) is 3. The number of anilines is 1. The van der Waals surface area contributed by atoms with Gasteiger partial charge in [0.1, 0.15) is 5.82 Å². The van der Waals surface area contributed by atoms with Crippen molar-refractivity contribution in [2.75, 3.05) is 5.32 Å². The zero-order valence-corrected chi connectivity index (χ0v) is 14.6. The first-order chi connectivity index (χ1) is 12.0. The lowest BCUT2D eigenvalue weighted by molar-refractivity contribution is 0.187. The molecule has 4 rings (SSSR count). The number of amides is 2. The number of urea groups is 1. The van der Waals surface area contributed by atoms with Crippen molar-refractivity contribution >= 4 is 23.3 Å². The predicted octanol–water partition coefficient (Wildman–Crippen LogP) is 2.90. The zero-order valence-electron chi connectivity index (χ0n) is 13.9. The number of hydrogen-bond donors (Lipinski definition) is 2. The molecule has 0 radical (unpaired) electrons. The minimum absolute atomic E-state index is 0.0133. The van der Waals surface area contributed by atoms with Gasteiger partial charge in [0.2, 0.25) is 0 Å². The summed E-state index contributed by atoms with van der Waals surface area (Å²) in [7, 11) is 0. The van der Waals surface area contributed by atoms with E-state index in [1.54, 1.807) is 19.1 Å². The molecule has 7 heteroatoms. The van der Waals surface area contributed by atoms with Crippen LogP contribution in [-0.2, 0) is 12.8 Å². The number of nitrogens with zero attached hydrogens (tertiary/aromatic N) is 2. The molecule has 2 amide bonds. The fraction of sp³-hybridized carbons (Fsp3) is 0.389. The third-order valence-corrected chi connectivity index (χ3v) is 5.39. The topological polar surface area (TPSA) is 78.1 Å². The molecule has 2 bridgehead atoms.